The molecule has 3 unspecified atom stereocenters. The van der Waals surface area contributed by atoms with Crippen molar-refractivity contribution in [3.8, 4) is 0 Å². The molecule has 0 amide bonds. The SMILES string of the molecule is CC(C)C(C)C(C)C(C)C(C)(C)C. The maximum absolute atomic E-state index is 2.40. The molecule has 0 fully saturated rings. The van der Waals surface area contributed by atoms with Gasteiger partial charge in [-0.2, -0.15) is 0 Å². The summed E-state index contributed by atoms with van der Waals surface area (Å²) < 4.78 is 0. The van der Waals surface area contributed by atoms with Crippen LogP contribution in [-0.4, -0.2) is 0 Å². The molecule has 0 aliphatic carbocycles. The average Bonchev–Trinajstić information content (AvgIpc) is 1.98. The van der Waals surface area contributed by atoms with E-state index in [1.54, 1.807) is 0 Å². The van der Waals surface area contributed by atoms with E-state index in [0.29, 0.717) is 5.41 Å². The van der Waals surface area contributed by atoms with Gasteiger partial charge >= 0.3 is 0 Å². The molecular formula is C13H28. The molecule has 0 nitrogen and oxygen atoms in total. The summed E-state index contributed by atoms with van der Waals surface area (Å²) in [7, 11) is 0. The van der Waals surface area contributed by atoms with Crippen LogP contribution < -0.4 is 0 Å². The summed E-state index contributed by atoms with van der Waals surface area (Å²) in [6, 6.07) is 0. The van der Waals surface area contributed by atoms with E-state index in [9.17, 15) is 0 Å². The Labute approximate surface area is 85.1 Å². The molecule has 0 radical (unpaired) electrons. The van der Waals surface area contributed by atoms with Crippen molar-refractivity contribution in [1.82, 2.24) is 0 Å². The average molecular weight is 184 g/mol. The van der Waals surface area contributed by atoms with E-state index in [1.807, 2.05) is 0 Å². The van der Waals surface area contributed by atoms with Gasteiger partial charge in [0.05, 0.1) is 0 Å². The largest absolute Gasteiger partial charge is 0.0625 e. The maximum Gasteiger partial charge on any atom is -0.0354 e. The van der Waals surface area contributed by atoms with Crippen LogP contribution in [0, 0.1) is 29.1 Å². The standard InChI is InChI=1S/C13H28/c1-9(2)10(3)11(4)12(5)13(6,7)8/h9-12H,1-8H3. The van der Waals surface area contributed by atoms with Gasteiger partial charge in [0.25, 0.3) is 0 Å². The zero-order valence-corrected chi connectivity index (χ0v) is 10.8. The van der Waals surface area contributed by atoms with Crippen molar-refractivity contribution >= 4 is 0 Å². The molecule has 0 aromatic carbocycles. The molecule has 0 aliphatic heterocycles. The molecule has 0 saturated heterocycles. The lowest BCUT2D eigenvalue weighted by Gasteiger charge is -2.37. The van der Waals surface area contributed by atoms with Gasteiger partial charge in [-0.3, -0.25) is 0 Å². The molecule has 0 aliphatic rings. The predicted molar refractivity (Wildman–Crippen MR) is 61.8 cm³/mol. The van der Waals surface area contributed by atoms with Gasteiger partial charge in [0, 0.05) is 0 Å². The van der Waals surface area contributed by atoms with E-state index in [2.05, 4.69) is 55.4 Å². The molecule has 0 bridgehead atoms. The summed E-state index contributed by atoms with van der Waals surface area (Å²) in [6.07, 6.45) is 0. The monoisotopic (exact) mass is 184 g/mol. The minimum atomic E-state index is 0.447. The highest BCUT2D eigenvalue weighted by atomic mass is 14.3. The lowest BCUT2D eigenvalue weighted by Crippen LogP contribution is -2.29. The molecule has 13 heavy (non-hydrogen) atoms. The van der Waals surface area contributed by atoms with Crippen LogP contribution in [0.5, 0.6) is 0 Å². The lowest BCUT2D eigenvalue weighted by atomic mass is 9.69. The van der Waals surface area contributed by atoms with Gasteiger partial charge in [0.15, 0.2) is 0 Å². The van der Waals surface area contributed by atoms with Crippen molar-refractivity contribution in [2.75, 3.05) is 0 Å². The molecule has 0 aromatic rings. The molecule has 0 N–H and O–H groups in total. The van der Waals surface area contributed by atoms with E-state index in [0.717, 1.165) is 23.7 Å². The quantitative estimate of drug-likeness (QED) is 0.601. The maximum atomic E-state index is 2.40. The normalized spacial score (nSPS) is 20.1. The van der Waals surface area contributed by atoms with Crippen molar-refractivity contribution in [2.24, 2.45) is 29.1 Å². The second-order valence-electron chi connectivity index (χ2n) is 6.12. The molecule has 0 heterocycles. The Balaban J connectivity index is 4.34. The highest BCUT2D eigenvalue weighted by molar-refractivity contribution is 4.78. The van der Waals surface area contributed by atoms with Crippen molar-refractivity contribution in [2.45, 2.75) is 55.4 Å². The van der Waals surface area contributed by atoms with Crippen molar-refractivity contribution < 1.29 is 0 Å². The fourth-order valence-corrected chi connectivity index (χ4v) is 1.85. The predicted octanol–water partition coefficient (Wildman–Crippen LogP) is 4.60. The topological polar surface area (TPSA) is 0 Å². The molecule has 0 heteroatoms. The zero-order chi connectivity index (χ0) is 10.8. The lowest BCUT2D eigenvalue weighted by molar-refractivity contribution is 0.124. The zero-order valence-electron chi connectivity index (χ0n) is 10.8. The minimum absolute atomic E-state index is 0.447. The second-order valence-corrected chi connectivity index (χ2v) is 6.12. The molecule has 0 spiro atoms. The van der Waals surface area contributed by atoms with Crippen LogP contribution in [-0.2, 0) is 0 Å². The molecule has 80 valence electrons. The Hall–Kier alpha value is 0. The molecule has 3 atom stereocenters. The third-order valence-corrected chi connectivity index (χ3v) is 4.04. The summed E-state index contributed by atoms with van der Waals surface area (Å²) >= 11 is 0. The third-order valence-electron chi connectivity index (χ3n) is 4.04. The fourth-order valence-electron chi connectivity index (χ4n) is 1.85. The summed E-state index contributed by atoms with van der Waals surface area (Å²) in [6.45, 7) is 18.9. The smallest absolute Gasteiger partial charge is 0.0354 e. The van der Waals surface area contributed by atoms with Crippen LogP contribution in [0.15, 0.2) is 0 Å². The third kappa shape index (κ3) is 3.70. The first-order valence-electron chi connectivity index (χ1n) is 5.68. The first-order chi connectivity index (χ1) is 5.68. The van der Waals surface area contributed by atoms with Gasteiger partial charge in [-0.15, -0.1) is 0 Å². The highest BCUT2D eigenvalue weighted by Gasteiger charge is 2.29. The molecule has 0 rings (SSSR count). The van der Waals surface area contributed by atoms with Crippen molar-refractivity contribution in [3.05, 3.63) is 0 Å². The molecule has 0 aromatic heterocycles. The number of rotatable bonds is 3. The fraction of sp³-hybridized carbons (Fsp3) is 1.00. The Bertz CT molecular complexity index is 139. The van der Waals surface area contributed by atoms with Crippen LogP contribution in [0.2, 0.25) is 0 Å². The van der Waals surface area contributed by atoms with Crippen molar-refractivity contribution in [1.29, 1.82) is 0 Å². The highest BCUT2D eigenvalue weighted by Crippen LogP contribution is 2.37. The van der Waals surface area contributed by atoms with Crippen LogP contribution >= 0.6 is 0 Å². The summed E-state index contributed by atoms with van der Waals surface area (Å²) in [4.78, 5) is 0. The Kier molecular flexibility index (Phi) is 4.48. The van der Waals surface area contributed by atoms with Crippen molar-refractivity contribution in [3.63, 3.8) is 0 Å². The van der Waals surface area contributed by atoms with Gasteiger partial charge in [-0.25, -0.2) is 0 Å². The number of hydrogen-bond donors (Lipinski definition) is 0. The van der Waals surface area contributed by atoms with Crippen LogP contribution in [0.3, 0.4) is 0 Å². The molecule has 0 saturated carbocycles. The van der Waals surface area contributed by atoms with E-state index in [4.69, 9.17) is 0 Å². The van der Waals surface area contributed by atoms with E-state index >= 15 is 0 Å². The number of hydrogen-bond acceptors (Lipinski definition) is 0. The minimum Gasteiger partial charge on any atom is -0.0625 e. The van der Waals surface area contributed by atoms with E-state index < -0.39 is 0 Å². The van der Waals surface area contributed by atoms with Gasteiger partial charge < -0.3 is 0 Å². The van der Waals surface area contributed by atoms with Crippen LogP contribution in [0.4, 0.5) is 0 Å². The Morgan fingerprint density at radius 1 is 0.692 bits per heavy atom. The first-order valence-corrected chi connectivity index (χ1v) is 5.68. The van der Waals surface area contributed by atoms with Gasteiger partial charge in [0.1, 0.15) is 0 Å². The summed E-state index contributed by atoms with van der Waals surface area (Å²) in [5.74, 6) is 3.25. The Morgan fingerprint density at radius 3 is 1.31 bits per heavy atom. The van der Waals surface area contributed by atoms with Crippen LogP contribution in [0.1, 0.15) is 55.4 Å². The summed E-state index contributed by atoms with van der Waals surface area (Å²) in [5, 5.41) is 0. The summed E-state index contributed by atoms with van der Waals surface area (Å²) in [5.41, 5.74) is 0.447. The Morgan fingerprint density at radius 2 is 1.08 bits per heavy atom. The van der Waals surface area contributed by atoms with Gasteiger partial charge in [-0.05, 0) is 29.1 Å². The first kappa shape index (κ1) is 13.0. The second kappa shape index (κ2) is 4.48. The van der Waals surface area contributed by atoms with E-state index in [1.165, 1.54) is 0 Å². The van der Waals surface area contributed by atoms with Crippen LogP contribution in [0.25, 0.3) is 0 Å². The molecular weight excluding hydrogens is 156 g/mol. The van der Waals surface area contributed by atoms with Gasteiger partial charge in [-0.1, -0.05) is 55.4 Å². The van der Waals surface area contributed by atoms with E-state index in [-0.39, 0.29) is 0 Å². The van der Waals surface area contributed by atoms with Gasteiger partial charge in [0.2, 0.25) is 0 Å².